The van der Waals surface area contributed by atoms with Gasteiger partial charge in [-0.25, -0.2) is 4.39 Å². The van der Waals surface area contributed by atoms with Crippen molar-refractivity contribution >= 4 is 21.8 Å². The predicted molar refractivity (Wildman–Crippen MR) is 101 cm³/mol. The van der Waals surface area contributed by atoms with Crippen LogP contribution in [0.3, 0.4) is 0 Å². The predicted octanol–water partition coefficient (Wildman–Crippen LogP) is 5.64. The second kappa shape index (κ2) is 5.73. The summed E-state index contributed by atoms with van der Waals surface area (Å²) in [6.07, 6.45) is 2.81. The lowest BCUT2D eigenvalue weighted by atomic mass is 10.0. The number of aromatic amines is 1. The van der Waals surface area contributed by atoms with E-state index in [2.05, 4.69) is 47.7 Å². The third kappa shape index (κ3) is 2.36. The zero-order valence-electron chi connectivity index (χ0n) is 15.0. The molecule has 0 fully saturated rings. The molecule has 2 aromatic carbocycles. The molecule has 0 aliphatic carbocycles. The summed E-state index contributed by atoms with van der Waals surface area (Å²) in [6, 6.07) is 9.72. The summed E-state index contributed by atoms with van der Waals surface area (Å²) in [6.45, 7) is 8.44. The van der Waals surface area contributed by atoms with Crippen LogP contribution < -0.4 is 0 Å². The molecule has 0 spiro atoms. The van der Waals surface area contributed by atoms with E-state index in [1.54, 1.807) is 6.07 Å². The number of H-pyrrole nitrogens is 1. The molecule has 0 atom stereocenters. The maximum Gasteiger partial charge on any atom is 0.126 e. The quantitative estimate of drug-likeness (QED) is 0.516. The van der Waals surface area contributed by atoms with Gasteiger partial charge in [-0.3, -0.25) is 5.10 Å². The van der Waals surface area contributed by atoms with Gasteiger partial charge in [0.15, 0.2) is 0 Å². The van der Waals surface area contributed by atoms with Crippen molar-refractivity contribution in [3.63, 3.8) is 0 Å². The summed E-state index contributed by atoms with van der Waals surface area (Å²) < 4.78 is 16.1. The molecule has 0 unspecified atom stereocenters. The van der Waals surface area contributed by atoms with Crippen molar-refractivity contribution in [1.82, 2.24) is 14.8 Å². The van der Waals surface area contributed by atoms with Crippen molar-refractivity contribution in [2.24, 2.45) is 0 Å². The van der Waals surface area contributed by atoms with E-state index in [1.807, 2.05) is 25.3 Å². The molecule has 3 nitrogen and oxygen atoms in total. The summed E-state index contributed by atoms with van der Waals surface area (Å²) in [7, 11) is 0. The number of rotatable bonds is 3. The van der Waals surface area contributed by atoms with Crippen molar-refractivity contribution in [2.45, 2.75) is 40.0 Å². The number of benzene rings is 2. The van der Waals surface area contributed by atoms with Crippen molar-refractivity contribution in [3.8, 4) is 5.69 Å². The van der Waals surface area contributed by atoms with Crippen LogP contribution in [0.25, 0.3) is 27.5 Å². The van der Waals surface area contributed by atoms with Crippen molar-refractivity contribution < 1.29 is 4.39 Å². The monoisotopic (exact) mass is 335 g/mol. The Kier molecular flexibility index (Phi) is 3.64. The van der Waals surface area contributed by atoms with Crippen LogP contribution in [0.4, 0.5) is 4.39 Å². The highest BCUT2D eigenvalue weighted by atomic mass is 19.1. The molecule has 2 heterocycles. The zero-order chi connectivity index (χ0) is 17.7. The Morgan fingerprint density at radius 1 is 1.20 bits per heavy atom. The molecule has 2 aromatic heterocycles. The van der Waals surface area contributed by atoms with Gasteiger partial charge in [0.1, 0.15) is 5.82 Å². The van der Waals surface area contributed by atoms with Crippen LogP contribution >= 0.6 is 0 Å². The minimum absolute atomic E-state index is 0.167. The van der Waals surface area contributed by atoms with E-state index < -0.39 is 0 Å². The number of halogens is 1. The number of nitrogens with zero attached hydrogens (tertiary/aromatic N) is 2. The second-order valence-electron chi connectivity index (χ2n) is 6.97. The van der Waals surface area contributed by atoms with Crippen molar-refractivity contribution in [2.75, 3.05) is 0 Å². The minimum Gasteiger partial charge on any atom is -0.313 e. The van der Waals surface area contributed by atoms with Gasteiger partial charge in [-0.05, 0) is 60.7 Å². The normalized spacial score (nSPS) is 11.9. The Morgan fingerprint density at radius 2 is 2.00 bits per heavy atom. The Labute approximate surface area is 146 Å². The average Bonchev–Trinajstić information content (AvgIpc) is 3.16. The largest absolute Gasteiger partial charge is 0.313 e. The third-order valence-electron chi connectivity index (χ3n) is 4.97. The van der Waals surface area contributed by atoms with Gasteiger partial charge in [-0.1, -0.05) is 20.8 Å². The molecule has 4 heteroatoms. The third-order valence-corrected chi connectivity index (χ3v) is 4.97. The maximum atomic E-state index is 13.8. The fraction of sp³-hybridized carbons (Fsp3) is 0.286. The van der Waals surface area contributed by atoms with Crippen molar-refractivity contribution in [3.05, 3.63) is 59.2 Å². The van der Waals surface area contributed by atoms with Crippen LogP contribution in [0.5, 0.6) is 0 Å². The van der Waals surface area contributed by atoms with Gasteiger partial charge in [-0.15, -0.1) is 0 Å². The van der Waals surface area contributed by atoms with Gasteiger partial charge in [-0.2, -0.15) is 5.10 Å². The highest BCUT2D eigenvalue weighted by Gasteiger charge is 2.20. The van der Waals surface area contributed by atoms with Crippen LogP contribution in [-0.2, 0) is 6.42 Å². The average molecular weight is 335 g/mol. The highest BCUT2D eigenvalue weighted by Crippen LogP contribution is 2.36. The molecule has 0 saturated carbocycles. The van der Waals surface area contributed by atoms with Gasteiger partial charge in [0.25, 0.3) is 0 Å². The van der Waals surface area contributed by atoms with Crippen LogP contribution in [0.15, 0.2) is 36.5 Å². The van der Waals surface area contributed by atoms with Crippen LogP contribution in [0, 0.1) is 12.7 Å². The van der Waals surface area contributed by atoms with E-state index in [0.717, 1.165) is 28.5 Å². The summed E-state index contributed by atoms with van der Waals surface area (Å²) in [5.41, 5.74) is 6.52. The smallest absolute Gasteiger partial charge is 0.126 e. The molecule has 0 radical (unpaired) electrons. The lowest BCUT2D eigenvalue weighted by molar-refractivity contribution is 0.618. The number of fused-ring (bicyclic) bond motifs is 2. The number of aryl methyl sites for hydroxylation is 2. The van der Waals surface area contributed by atoms with E-state index in [-0.39, 0.29) is 5.82 Å². The fourth-order valence-electron chi connectivity index (χ4n) is 3.83. The van der Waals surface area contributed by atoms with Crippen LogP contribution in [0.2, 0.25) is 0 Å². The Morgan fingerprint density at radius 3 is 2.68 bits per heavy atom. The first-order chi connectivity index (χ1) is 12.0. The van der Waals surface area contributed by atoms with Gasteiger partial charge in [0.05, 0.1) is 17.2 Å². The Bertz CT molecular complexity index is 1090. The lowest BCUT2D eigenvalue weighted by Gasteiger charge is -2.16. The van der Waals surface area contributed by atoms with E-state index in [1.165, 1.54) is 16.6 Å². The summed E-state index contributed by atoms with van der Waals surface area (Å²) in [5.74, 6) is 0.198. The minimum atomic E-state index is -0.167. The fourth-order valence-corrected chi connectivity index (χ4v) is 3.83. The molecule has 4 rings (SSSR count). The number of hydrogen-bond acceptors (Lipinski definition) is 1. The number of nitrogens with one attached hydrogen (secondary N) is 1. The summed E-state index contributed by atoms with van der Waals surface area (Å²) in [4.78, 5) is 0. The van der Waals surface area contributed by atoms with Crippen LogP contribution in [0.1, 0.15) is 43.5 Å². The number of hydrogen-bond donors (Lipinski definition) is 1. The molecule has 0 amide bonds. The van der Waals surface area contributed by atoms with Gasteiger partial charge >= 0.3 is 0 Å². The van der Waals surface area contributed by atoms with E-state index >= 15 is 0 Å². The number of aromatic nitrogens is 3. The molecular weight excluding hydrogens is 313 g/mol. The standard InChI is InChI=1S/C21H22FN3/c1-5-16-17-10-19-14(11-23-24-19)9-20(17)25(21(16)12(2)3)15-6-7-18(22)13(4)8-15/h6-12H,5H2,1-4H3,(H,23,24). The van der Waals surface area contributed by atoms with E-state index in [0.29, 0.717) is 11.5 Å². The van der Waals surface area contributed by atoms with Gasteiger partial charge < -0.3 is 4.57 Å². The highest BCUT2D eigenvalue weighted by molar-refractivity contribution is 5.98. The Balaban J connectivity index is 2.16. The van der Waals surface area contributed by atoms with Gasteiger partial charge in [0.2, 0.25) is 0 Å². The molecular formula is C21H22FN3. The topological polar surface area (TPSA) is 33.6 Å². The molecule has 0 saturated heterocycles. The second-order valence-corrected chi connectivity index (χ2v) is 6.97. The first-order valence-electron chi connectivity index (χ1n) is 8.78. The SMILES string of the molecule is CCc1c(C(C)C)n(-c2ccc(F)c(C)c2)c2cc3cn[nH]c3cc12. The summed E-state index contributed by atoms with van der Waals surface area (Å²) >= 11 is 0. The van der Waals surface area contributed by atoms with Crippen LogP contribution in [-0.4, -0.2) is 14.8 Å². The maximum absolute atomic E-state index is 13.8. The molecule has 4 aromatic rings. The molecule has 0 aliphatic rings. The first kappa shape index (κ1) is 15.9. The molecule has 25 heavy (non-hydrogen) atoms. The van der Waals surface area contributed by atoms with Gasteiger partial charge in [0, 0.05) is 22.2 Å². The van der Waals surface area contributed by atoms with E-state index in [9.17, 15) is 4.39 Å². The molecule has 128 valence electrons. The van der Waals surface area contributed by atoms with E-state index in [4.69, 9.17) is 0 Å². The summed E-state index contributed by atoms with van der Waals surface area (Å²) in [5, 5.41) is 9.56. The first-order valence-corrected chi connectivity index (χ1v) is 8.78. The molecule has 0 aliphatic heterocycles. The Hall–Kier alpha value is -2.62. The lowest BCUT2D eigenvalue weighted by Crippen LogP contribution is -2.04. The van der Waals surface area contributed by atoms with Crippen molar-refractivity contribution in [1.29, 1.82) is 0 Å². The zero-order valence-corrected chi connectivity index (χ0v) is 15.0. The molecule has 1 N–H and O–H groups in total. The molecule has 0 bridgehead atoms.